The van der Waals surface area contributed by atoms with E-state index in [1.807, 2.05) is 23.6 Å². The zero-order valence-electron chi connectivity index (χ0n) is 17.7. The van der Waals surface area contributed by atoms with Gasteiger partial charge in [0.25, 0.3) is 0 Å². The number of nitrogens with zero attached hydrogens (tertiary/aromatic N) is 3. The zero-order chi connectivity index (χ0) is 20.9. The summed E-state index contributed by atoms with van der Waals surface area (Å²) >= 11 is 0. The number of rotatable bonds is 11. The molecule has 0 aromatic carbocycles. The number of aromatic nitrogens is 2. The molecular formula is C22H35N3O3S. The predicted octanol–water partition coefficient (Wildman–Crippen LogP) is 3.73. The van der Waals surface area contributed by atoms with E-state index in [0.29, 0.717) is 19.5 Å². The van der Waals surface area contributed by atoms with E-state index in [0.717, 1.165) is 57.4 Å². The van der Waals surface area contributed by atoms with Crippen LogP contribution in [-0.2, 0) is 27.7 Å². The molecule has 29 heavy (non-hydrogen) atoms. The Morgan fingerprint density at radius 3 is 2.69 bits per heavy atom. The van der Waals surface area contributed by atoms with Crippen LogP contribution < -0.4 is 0 Å². The van der Waals surface area contributed by atoms with Gasteiger partial charge in [-0.15, -0.1) is 13.2 Å². The van der Waals surface area contributed by atoms with E-state index in [-0.39, 0.29) is 22.6 Å². The Kier molecular flexibility index (Phi) is 7.35. The smallest absolute Gasteiger partial charge is 0.227 e. The first-order valence-corrected chi connectivity index (χ1v) is 12.5. The molecule has 2 saturated heterocycles. The molecule has 162 valence electrons. The maximum Gasteiger partial charge on any atom is 0.227 e. The van der Waals surface area contributed by atoms with E-state index in [4.69, 9.17) is 4.74 Å². The molecule has 0 amide bonds. The summed E-state index contributed by atoms with van der Waals surface area (Å²) < 4.78 is 33.4. The van der Waals surface area contributed by atoms with E-state index in [9.17, 15) is 8.42 Å². The fourth-order valence-corrected chi connectivity index (χ4v) is 6.29. The Morgan fingerprint density at radius 1 is 1.31 bits per heavy atom. The first-order chi connectivity index (χ1) is 14.0. The second-order valence-electron chi connectivity index (χ2n) is 8.33. The highest BCUT2D eigenvalue weighted by atomic mass is 32.2. The van der Waals surface area contributed by atoms with Gasteiger partial charge in [-0.25, -0.2) is 13.4 Å². The van der Waals surface area contributed by atoms with Gasteiger partial charge >= 0.3 is 0 Å². The average molecular weight is 422 g/mol. The van der Waals surface area contributed by atoms with Gasteiger partial charge in [-0.2, -0.15) is 0 Å². The molecule has 2 aliphatic rings. The maximum atomic E-state index is 12.8. The predicted molar refractivity (Wildman–Crippen MR) is 116 cm³/mol. The second-order valence-corrected chi connectivity index (χ2v) is 10.3. The standard InChI is InChI=1S/C22H35N3O3S/c1-4-10-22(11-5-2)12-8-13-24(22)17-19-16-23-21(29(26,27)15-6-3)25(19)18-20-9-7-14-28-20/h4-5,16,20H,1-2,6-15,17-18H2,3H3. The van der Waals surface area contributed by atoms with Crippen LogP contribution >= 0.6 is 0 Å². The molecule has 6 nitrogen and oxygen atoms in total. The summed E-state index contributed by atoms with van der Waals surface area (Å²) in [6.45, 7) is 12.8. The number of hydrogen-bond acceptors (Lipinski definition) is 5. The van der Waals surface area contributed by atoms with Crippen molar-refractivity contribution in [2.45, 2.75) is 81.8 Å². The van der Waals surface area contributed by atoms with Crippen molar-refractivity contribution in [2.24, 2.45) is 0 Å². The summed E-state index contributed by atoms with van der Waals surface area (Å²) in [4.78, 5) is 6.85. The lowest BCUT2D eigenvalue weighted by Crippen LogP contribution is -2.43. The zero-order valence-corrected chi connectivity index (χ0v) is 18.5. The van der Waals surface area contributed by atoms with Crippen LogP contribution in [0.1, 0.15) is 57.6 Å². The highest BCUT2D eigenvalue weighted by Crippen LogP contribution is 2.37. The van der Waals surface area contributed by atoms with Gasteiger partial charge in [-0.1, -0.05) is 19.1 Å². The molecule has 3 rings (SSSR count). The summed E-state index contributed by atoms with van der Waals surface area (Å²) in [6.07, 6.45) is 12.4. The second kappa shape index (κ2) is 9.58. The number of hydrogen-bond donors (Lipinski definition) is 0. The van der Waals surface area contributed by atoms with E-state index in [2.05, 4.69) is 23.0 Å². The molecule has 3 heterocycles. The lowest BCUT2D eigenvalue weighted by molar-refractivity contribution is 0.0907. The fourth-order valence-electron chi connectivity index (χ4n) is 4.83. The first-order valence-electron chi connectivity index (χ1n) is 10.8. The lowest BCUT2D eigenvalue weighted by Gasteiger charge is -2.37. The molecule has 7 heteroatoms. The van der Waals surface area contributed by atoms with Gasteiger partial charge in [0.15, 0.2) is 0 Å². The van der Waals surface area contributed by atoms with Crippen LogP contribution in [0.2, 0.25) is 0 Å². The average Bonchev–Trinajstić information content (AvgIpc) is 3.39. The Bertz CT molecular complexity index is 799. The largest absolute Gasteiger partial charge is 0.376 e. The third kappa shape index (κ3) is 4.84. The summed E-state index contributed by atoms with van der Waals surface area (Å²) in [6, 6.07) is 0. The Balaban J connectivity index is 1.92. The number of ether oxygens (including phenoxy) is 1. The SMILES string of the molecule is C=CCC1(CC=C)CCCN1Cc1cnc(S(=O)(=O)CCC)n1CC1CCCO1. The highest BCUT2D eigenvalue weighted by Gasteiger charge is 2.39. The molecule has 0 spiro atoms. The van der Waals surface area contributed by atoms with Gasteiger partial charge in [0.1, 0.15) is 0 Å². The summed E-state index contributed by atoms with van der Waals surface area (Å²) in [5, 5.41) is 0.196. The van der Waals surface area contributed by atoms with Crippen molar-refractivity contribution in [2.75, 3.05) is 18.9 Å². The van der Waals surface area contributed by atoms with Crippen LogP contribution in [-0.4, -0.2) is 53.4 Å². The van der Waals surface area contributed by atoms with Crippen LogP contribution in [0.15, 0.2) is 36.7 Å². The number of sulfone groups is 1. The first kappa shape index (κ1) is 22.2. The third-order valence-corrected chi connectivity index (χ3v) is 8.03. The van der Waals surface area contributed by atoms with Gasteiger partial charge in [-0.05, 0) is 51.5 Å². The van der Waals surface area contributed by atoms with Gasteiger partial charge in [0, 0.05) is 18.7 Å². The highest BCUT2D eigenvalue weighted by molar-refractivity contribution is 7.91. The molecule has 0 saturated carbocycles. The number of imidazole rings is 1. The third-order valence-electron chi connectivity index (χ3n) is 6.21. The topological polar surface area (TPSA) is 64.4 Å². The van der Waals surface area contributed by atoms with Crippen molar-refractivity contribution >= 4 is 9.84 Å². The minimum atomic E-state index is -3.40. The molecular weight excluding hydrogens is 386 g/mol. The molecule has 1 aromatic heterocycles. The van der Waals surface area contributed by atoms with Gasteiger partial charge < -0.3 is 9.30 Å². The molecule has 1 unspecified atom stereocenters. The van der Waals surface area contributed by atoms with Crippen LogP contribution in [0.4, 0.5) is 0 Å². The summed E-state index contributed by atoms with van der Waals surface area (Å²) in [5.41, 5.74) is 0.972. The monoisotopic (exact) mass is 421 g/mol. The van der Waals surface area contributed by atoms with E-state index < -0.39 is 9.84 Å². The minimum Gasteiger partial charge on any atom is -0.376 e. The summed E-state index contributed by atoms with van der Waals surface area (Å²) in [7, 11) is -3.40. The van der Waals surface area contributed by atoms with E-state index in [1.165, 1.54) is 0 Å². The fraction of sp³-hybridized carbons (Fsp3) is 0.682. The molecule has 0 radical (unpaired) electrons. The molecule has 0 N–H and O–H groups in total. The molecule has 1 aromatic rings. The normalized spacial score (nSPS) is 22.2. The van der Waals surface area contributed by atoms with Crippen LogP contribution in [0.5, 0.6) is 0 Å². The maximum absolute atomic E-state index is 12.8. The van der Waals surface area contributed by atoms with Crippen molar-refractivity contribution in [1.82, 2.24) is 14.5 Å². The Labute approximate surface area is 175 Å². The van der Waals surface area contributed by atoms with Crippen LogP contribution in [0.25, 0.3) is 0 Å². The lowest BCUT2D eigenvalue weighted by atomic mass is 9.88. The van der Waals surface area contributed by atoms with Crippen molar-refractivity contribution < 1.29 is 13.2 Å². The van der Waals surface area contributed by atoms with Crippen LogP contribution in [0.3, 0.4) is 0 Å². The molecule has 2 fully saturated rings. The Hall–Kier alpha value is -1.44. The van der Waals surface area contributed by atoms with Crippen LogP contribution in [0, 0.1) is 0 Å². The van der Waals surface area contributed by atoms with Crippen molar-refractivity contribution in [3.63, 3.8) is 0 Å². The van der Waals surface area contributed by atoms with Gasteiger partial charge in [0.05, 0.1) is 30.3 Å². The molecule has 2 aliphatic heterocycles. The van der Waals surface area contributed by atoms with Crippen molar-refractivity contribution in [1.29, 1.82) is 0 Å². The van der Waals surface area contributed by atoms with E-state index in [1.54, 1.807) is 6.20 Å². The van der Waals surface area contributed by atoms with Gasteiger partial charge in [0.2, 0.25) is 15.0 Å². The molecule has 0 bridgehead atoms. The minimum absolute atomic E-state index is 0.0188. The number of likely N-dealkylation sites (tertiary alicyclic amines) is 1. The molecule has 0 aliphatic carbocycles. The van der Waals surface area contributed by atoms with Crippen molar-refractivity contribution in [3.8, 4) is 0 Å². The summed E-state index contributed by atoms with van der Waals surface area (Å²) in [5.74, 6) is 0.121. The van der Waals surface area contributed by atoms with Crippen molar-refractivity contribution in [3.05, 3.63) is 37.2 Å². The Morgan fingerprint density at radius 2 is 2.07 bits per heavy atom. The molecule has 1 atom stereocenters. The van der Waals surface area contributed by atoms with Gasteiger partial charge in [-0.3, -0.25) is 4.90 Å². The van der Waals surface area contributed by atoms with E-state index >= 15 is 0 Å². The quantitative estimate of drug-likeness (QED) is 0.510.